The lowest BCUT2D eigenvalue weighted by atomic mass is 10.3. The van der Waals surface area contributed by atoms with Gasteiger partial charge < -0.3 is 10.5 Å². The third-order valence-electron chi connectivity index (χ3n) is 1.66. The monoisotopic (exact) mass is 243 g/mol. The van der Waals surface area contributed by atoms with Gasteiger partial charge in [-0.05, 0) is 37.6 Å². The highest BCUT2D eigenvalue weighted by Crippen LogP contribution is 2.16. The first-order valence-corrected chi connectivity index (χ1v) is 5.12. The maximum absolute atomic E-state index is 5.59. The summed E-state index contributed by atoms with van der Waals surface area (Å²) in [5.74, 6) is 0.892. The van der Waals surface area contributed by atoms with Crippen molar-refractivity contribution >= 4 is 15.9 Å². The van der Waals surface area contributed by atoms with Gasteiger partial charge in [0.1, 0.15) is 5.75 Å². The highest BCUT2D eigenvalue weighted by molar-refractivity contribution is 9.10. The minimum absolute atomic E-state index is 0.204. The molecular weight excluding hydrogens is 230 g/mol. The number of ether oxygens (including phenoxy) is 1. The summed E-state index contributed by atoms with van der Waals surface area (Å²) in [6.45, 7) is 2.66. The van der Waals surface area contributed by atoms with Crippen LogP contribution in [0.25, 0.3) is 0 Å². The van der Waals surface area contributed by atoms with Gasteiger partial charge in [0.25, 0.3) is 0 Å². The van der Waals surface area contributed by atoms with Crippen LogP contribution in [0.2, 0.25) is 0 Å². The van der Waals surface area contributed by atoms with E-state index in [2.05, 4.69) is 15.9 Å². The van der Waals surface area contributed by atoms with Gasteiger partial charge in [0, 0.05) is 10.5 Å². The van der Waals surface area contributed by atoms with E-state index in [4.69, 9.17) is 10.5 Å². The number of hydrogen-bond donors (Lipinski definition) is 1. The third-order valence-corrected chi connectivity index (χ3v) is 2.18. The molecule has 0 aliphatic carbocycles. The largest absolute Gasteiger partial charge is 0.494 e. The zero-order chi connectivity index (χ0) is 9.68. The van der Waals surface area contributed by atoms with Crippen molar-refractivity contribution in [3.8, 4) is 5.75 Å². The molecule has 0 heterocycles. The number of rotatable bonds is 4. The molecule has 13 heavy (non-hydrogen) atoms. The molecule has 3 heteroatoms. The molecule has 1 unspecified atom stereocenters. The molecule has 0 aromatic heterocycles. The minimum atomic E-state index is 0.204. The smallest absolute Gasteiger partial charge is 0.119 e. The van der Waals surface area contributed by atoms with Gasteiger partial charge >= 0.3 is 0 Å². The Kier molecular flexibility index (Phi) is 4.25. The van der Waals surface area contributed by atoms with Crippen molar-refractivity contribution < 1.29 is 4.74 Å². The zero-order valence-corrected chi connectivity index (χ0v) is 9.25. The molecule has 1 aromatic carbocycles. The second-order valence-corrected chi connectivity index (χ2v) is 3.98. The first-order valence-electron chi connectivity index (χ1n) is 4.32. The summed E-state index contributed by atoms with van der Waals surface area (Å²) in [4.78, 5) is 0. The molecular formula is C10H14BrNO. The number of benzene rings is 1. The Balaban J connectivity index is 2.33. The third kappa shape index (κ3) is 4.29. The van der Waals surface area contributed by atoms with Crippen molar-refractivity contribution in [3.63, 3.8) is 0 Å². The molecule has 1 atom stereocenters. The van der Waals surface area contributed by atoms with Gasteiger partial charge in [-0.2, -0.15) is 0 Å². The summed E-state index contributed by atoms with van der Waals surface area (Å²) >= 11 is 3.36. The SMILES string of the molecule is CC(N)CCOc1ccc(Br)cc1. The number of hydrogen-bond acceptors (Lipinski definition) is 2. The lowest BCUT2D eigenvalue weighted by molar-refractivity contribution is 0.301. The molecule has 72 valence electrons. The van der Waals surface area contributed by atoms with Crippen molar-refractivity contribution in [2.75, 3.05) is 6.61 Å². The van der Waals surface area contributed by atoms with E-state index < -0.39 is 0 Å². The molecule has 0 radical (unpaired) electrons. The molecule has 0 saturated carbocycles. The summed E-state index contributed by atoms with van der Waals surface area (Å²) < 4.78 is 6.53. The second-order valence-electron chi connectivity index (χ2n) is 3.07. The molecule has 0 bridgehead atoms. The van der Waals surface area contributed by atoms with E-state index in [1.165, 1.54) is 0 Å². The van der Waals surface area contributed by atoms with Crippen LogP contribution in [0.4, 0.5) is 0 Å². The van der Waals surface area contributed by atoms with E-state index in [1.807, 2.05) is 31.2 Å². The predicted octanol–water partition coefficient (Wildman–Crippen LogP) is 2.57. The molecule has 0 amide bonds. The minimum Gasteiger partial charge on any atom is -0.494 e. The van der Waals surface area contributed by atoms with Gasteiger partial charge in [-0.25, -0.2) is 0 Å². The van der Waals surface area contributed by atoms with Crippen LogP contribution in [-0.2, 0) is 0 Å². The van der Waals surface area contributed by atoms with Crippen LogP contribution in [0, 0.1) is 0 Å². The van der Waals surface area contributed by atoms with Crippen LogP contribution in [0.5, 0.6) is 5.75 Å². The Bertz CT molecular complexity index is 246. The molecule has 0 aliphatic heterocycles. The van der Waals surface area contributed by atoms with Crippen LogP contribution in [0.3, 0.4) is 0 Å². The molecule has 0 aliphatic rings. The fraction of sp³-hybridized carbons (Fsp3) is 0.400. The Morgan fingerprint density at radius 1 is 1.38 bits per heavy atom. The quantitative estimate of drug-likeness (QED) is 0.883. The first kappa shape index (κ1) is 10.5. The van der Waals surface area contributed by atoms with Crippen molar-refractivity contribution in [2.24, 2.45) is 5.73 Å². The van der Waals surface area contributed by atoms with Gasteiger partial charge in [-0.15, -0.1) is 0 Å². The van der Waals surface area contributed by atoms with Gasteiger partial charge in [0.15, 0.2) is 0 Å². The van der Waals surface area contributed by atoms with Crippen molar-refractivity contribution in [2.45, 2.75) is 19.4 Å². The first-order chi connectivity index (χ1) is 6.18. The summed E-state index contributed by atoms with van der Waals surface area (Å²) in [7, 11) is 0. The molecule has 0 saturated heterocycles. The van der Waals surface area contributed by atoms with Crippen molar-refractivity contribution in [3.05, 3.63) is 28.7 Å². The average molecular weight is 244 g/mol. The summed E-state index contributed by atoms with van der Waals surface area (Å²) in [5, 5.41) is 0. The van der Waals surface area contributed by atoms with Crippen molar-refractivity contribution in [1.29, 1.82) is 0 Å². The van der Waals surface area contributed by atoms with E-state index in [1.54, 1.807) is 0 Å². The zero-order valence-electron chi connectivity index (χ0n) is 7.66. The lowest BCUT2D eigenvalue weighted by Gasteiger charge is -2.07. The van der Waals surface area contributed by atoms with Crippen LogP contribution >= 0.6 is 15.9 Å². The van der Waals surface area contributed by atoms with Crippen LogP contribution in [0.15, 0.2) is 28.7 Å². The molecule has 0 spiro atoms. The normalized spacial score (nSPS) is 12.5. The summed E-state index contributed by atoms with van der Waals surface area (Å²) in [6.07, 6.45) is 0.885. The number of nitrogens with two attached hydrogens (primary N) is 1. The molecule has 2 N–H and O–H groups in total. The molecule has 2 nitrogen and oxygen atoms in total. The van der Waals surface area contributed by atoms with E-state index in [-0.39, 0.29) is 6.04 Å². The van der Waals surface area contributed by atoms with E-state index in [9.17, 15) is 0 Å². The molecule has 0 fully saturated rings. The summed E-state index contributed by atoms with van der Waals surface area (Å²) in [5.41, 5.74) is 5.59. The van der Waals surface area contributed by atoms with E-state index >= 15 is 0 Å². The van der Waals surface area contributed by atoms with Gasteiger partial charge in [-0.1, -0.05) is 15.9 Å². The Labute approximate surface area is 87.2 Å². The number of halogens is 1. The van der Waals surface area contributed by atoms with Gasteiger partial charge in [-0.3, -0.25) is 0 Å². The average Bonchev–Trinajstić information content (AvgIpc) is 2.08. The maximum atomic E-state index is 5.59. The Morgan fingerprint density at radius 3 is 2.54 bits per heavy atom. The van der Waals surface area contributed by atoms with Crippen molar-refractivity contribution in [1.82, 2.24) is 0 Å². The van der Waals surface area contributed by atoms with Gasteiger partial charge in [0.05, 0.1) is 6.61 Å². The second kappa shape index (κ2) is 5.25. The van der Waals surface area contributed by atoms with E-state index in [0.29, 0.717) is 6.61 Å². The van der Waals surface area contributed by atoms with E-state index in [0.717, 1.165) is 16.6 Å². The highest BCUT2D eigenvalue weighted by Gasteiger charge is 1.96. The predicted molar refractivity (Wildman–Crippen MR) is 57.9 cm³/mol. The molecule has 1 aromatic rings. The Morgan fingerprint density at radius 2 is 2.00 bits per heavy atom. The lowest BCUT2D eigenvalue weighted by Crippen LogP contribution is -2.18. The van der Waals surface area contributed by atoms with Crippen LogP contribution in [-0.4, -0.2) is 12.6 Å². The topological polar surface area (TPSA) is 35.2 Å². The maximum Gasteiger partial charge on any atom is 0.119 e. The fourth-order valence-electron chi connectivity index (χ4n) is 0.893. The molecule has 1 rings (SSSR count). The highest BCUT2D eigenvalue weighted by atomic mass is 79.9. The van der Waals surface area contributed by atoms with Gasteiger partial charge in [0.2, 0.25) is 0 Å². The van der Waals surface area contributed by atoms with Crippen LogP contribution < -0.4 is 10.5 Å². The fourth-order valence-corrected chi connectivity index (χ4v) is 1.16. The summed E-state index contributed by atoms with van der Waals surface area (Å²) in [6, 6.07) is 7.99. The van der Waals surface area contributed by atoms with Crippen LogP contribution in [0.1, 0.15) is 13.3 Å². The Hall–Kier alpha value is -0.540. The standard InChI is InChI=1S/C10H14BrNO/c1-8(12)6-7-13-10-4-2-9(11)3-5-10/h2-5,8H,6-7,12H2,1H3.